The smallest absolute Gasteiger partial charge is 0.348 e. The van der Waals surface area contributed by atoms with Crippen molar-refractivity contribution in [1.29, 1.82) is 0 Å². The van der Waals surface area contributed by atoms with Gasteiger partial charge in [0.2, 0.25) is 5.60 Å². The molecule has 1 N–H and O–H groups in total. The highest BCUT2D eigenvalue weighted by Crippen LogP contribution is 2.31. The van der Waals surface area contributed by atoms with Gasteiger partial charge in [-0.25, -0.2) is 4.79 Å². The van der Waals surface area contributed by atoms with Gasteiger partial charge in [-0.3, -0.25) is 4.79 Å². The number of halogens is 1. The molecule has 3 rings (SSSR count). The van der Waals surface area contributed by atoms with Crippen LogP contribution >= 0.6 is 11.6 Å². The van der Waals surface area contributed by atoms with Crippen LogP contribution in [0.3, 0.4) is 0 Å². The van der Waals surface area contributed by atoms with Gasteiger partial charge in [-0.2, -0.15) is 0 Å². The molecule has 2 heterocycles. The van der Waals surface area contributed by atoms with Gasteiger partial charge in [-0.05, 0) is 43.5 Å². The Balaban J connectivity index is 1.64. The number of aliphatic carboxylic acids is 1. The lowest BCUT2D eigenvalue weighted by Gasteiger charge is -2.40. The maximum absolute atomic E-state index is 12.5. The molecule has 0 aliphatic carbocycles. The van der Waals surface area contributed by atoms with Crippen molar-refractivity contribution in [2.45, 2.75) is 43.8 Å². The Labute approximate surface area is 151 Å². The molecule has 2 aliphatic heterocycles. The quantitative estimate of drug-likeness (QED) is 0.885. The first-order chi connectivity index (χ1) is 12.0. The summed E-state index contributed by atoms with van der Waals surface area (Å²) < 4.78 is 11.4. The van der Waals surface area contributed by atoms with Gasteiger partial charge in [-0.15, -0.1) is 0 Å². The highest BCUT2D eigenvalue weighted by atomic mass is 35.5. The molecule has 1 unspecified atom stereocenters. The number of carboxylic acids is 1. The molecule has 2 fully saturated rings. The predicted octanol–water partition coefficient (Wildman–Crippen LogP) is 2.73. The highest BCUT2D eigenvalue weighted by Gasteiger charge is 2.45. The molecule has 0 bridgehead atoms. The van der Waals surface area contributed by atoms with E-state index in [1.54, 1.807) is 29.2 Å². The molecule has 0 aromatic heterocycles. The van der Waals surface area contributed by atoms with Gasteiger partial charge >= 0.3 is 5.97 Å². The SMILES string of the molecule is O=C(C1CCCCO1)N1CCC(Oc2ccc(Cl)cc2)(C(=O)O)CC1. The van der Waals surface area contributed by atoms with Gasteiger partial charge in [0.25, 0.3) is 5.91 Å². The molecule has 6 nitrogen and oxygen atoms in total. The van der Waals surface area contributed by atoms with Crippen LogP contribution in [-0.2, 0) is 14.3 Å². The molecular formula is C18H22ClNO5. The van der Waals surface area contributed by atoms with Gasteiger partial charge in [0.05, 0.1) is 0 Å². The fourth-order valence-corrected chi connectivity index (χ4v) is 3.44. The van der Waals surface area contributed by atoms with Crippen LogP contribution in [0, 0.1) is 0 Å². The first-order valence-corrected chi connectivity index (χ1v) is 8.96. The van der Waals surface area contributed by atoms with E-state index in [2.05, 4.69) is 0 Å². The monoisotopic (exact) mass is 367 g/mol. The van der Waals surface area contributed by atoms with E-state index in [1.165, 1.54) is 0 Å². The Morgan fingerprint density at radius 3 is 2.44 bits per heavy atom. The van der Waals surface area contributed by atoms with E-state index in [0.717, 1.165) is 19.3 Å². The maximum Gasteiger partial charge on any atom is 0.348 e. The minimum Gasteiger partial charge on any atom is -0.478 e. The Hall–Kier alpha value is -1.79. The second kappa shape index (κ2) is 7.62. The van der Waals surface area contributed by atoms with E-state index in [0.29, 0.717) is 30.5 Å². The number of likely N-dealkylation sites (tertiary alicyclic amines) is 1. The molecule has 2 saturated heterocycles. The lowest BCUT2D eigenvalue weighted by molar-refractivity contribution is -0.164. The number of piperidine rings is 1. The van der Waals surface area contributed by atoms with Crippen molar-refractivity contribution in [2.24, 2.45) is 0 Å². The van der Waals surface area contributed by atoms with Crippen molar-refractivity contribution in [3.8, 4) is 5.75 Å². The van der Waals surface area contributed by atoms with Crippen molar-refractivity contribution in [2.75, 3.05) is 19.7 Å². The Morgan fingerprint density at radius 1 is 1.20 bits per heavy atom. The molecule has 1 amide bonds. The van der Waals surface area contributed by atoms with E-state index < -0.39 is 11.6 Å². The average Bonchev–Trinajstić information content (AvgIpc) is 2.64. The van der Waals surface area contributed by atoms with Gasteiger partial charge in [0.1, 0.15) is 11.9 Å². The lowest BCUT2D eigenvalue weighted by atomic mass is 9.90. The van der Waals surface area contributed by atoms with Gasteiger partial charge in [0, 0.05) is 37.6 Å². The predicted molar refractivity (Wildman–Crippen MR) is 91.9 cm³/mol. The first kappa shape index (κ1) is 18.0. The largest absolute Gasteiger partial charge is 0.478 e. The second-order valence-corrected chi connectivity index (χ2v) is 6.97. The lowest BCUT2D eigenvalue weighted by Crippen LogP contribution is -2.56. The van der Waals surface area contributed by atoms with Crippen LogP contribution in [0.2, 0.25) is 5.02 Å². The number of hydrogen-bond acceptors (Lipinski definition) is 4. The molecule has 0 spiro atoms. The van der Waals surface area contributed by atoms with E-state index in [9.17, 15) is 14.7 Å². The third-order valence-electron chi connectivity index (χ3n) is 4.85. The van der Waals surface area contributed by atoms with Crippen LogP contribution < -0.4 is 4.74 Å². The Bertz CT molecular complexity index is 619. The van der Waals surface area contributed by atoms with E-state index in [4.69, 9.17) is 21.1 Å². The number of carbonyl (C=O) groups is 2. The topological polar surface area (TPSA) is 76.1 Å². The van der Waals surface area contributed by atoms with Crippen LogP contribution in [-0.4, -0.2) is 53.3 Å². The molecule has 0 saturated carbocycles. The summed E-state index contributed by atoms with van der Waals surface area (Å²) in [6.45, 7) is 1.31. The average molecular weight is 368 g/mol. The number of hydrogen-bond donors (Lipinski definition) is 1. The summed E-state index contributed by atoms with van der Waals surface area (Å²) in [6, 6.07) is 6.62. The number of benzene rings is 1. The standard InChI is InChI=1S/C18H22ClNO5/c19-13-4-6-14(7-5-13)25-18(17(22)23)8-10-20(11-9-18)16(21)15-3-1-2-12-24-15/h4-7,15H,1-3,8-12H2,(H,22,23). The summed E-state index contributed by atoms with van der Waals surface area (Å²) in [5.74, 6) is -0.587. The summed E-state index contributed by atoms with van der Waals surface area (Å²) >= 11 is 5.85. The van der Waals surface area contributed by atoms with Gasteiger partial charge in [0.15, 0.2) is 0 Å². The van der Waals surface area contributed by atoms with E-state index in [-0.39, 0.29) is 24.9 Å². The van der Waals surface area contributed by atoms with E-state index in [1.807, 2.05) is 0 Å². The molecule has 25 heavy (non-hydrogen) atoms. The van der Waals surface area contributed by atoms with Crippen LogP contribution in [0.25, 0.3) is 0 Å². The van der Waals surface area contributed by atoms with Crippen LogP contribution in [0.1, 0.15) is 32.1 Å². The second-order valence-electron chi connectivity index (χ2n) is 6.54. The number of nitrogens with zero attached hydrogens (tertiary/aromatic N) is 1. The van der Waals surface area contributed by atoms with Crippen molar-refractivity contribution in [1.82, 2.24) is 4.90 Å². The highest BCUT2D eigenvalue weighted by molar-refractivity contribution is 6.30. The summed E-state index contributed by atoms with van der Waals surface area (Å²) in [5.41, 5.74) is -1.32. The molecule has 1 aromatic carbocycles. The zero-order chi connectivity index (χ0) is 17.9. The maximum atomic E-state index is 12.5. The van der Waals surface area contributed by atoms with Crippen molar-refractivity contribution in [3.05, 3.63) is 29.3 Å². The first-order valence-electron chi connectivity index (χ1n) is 8.58. The number of ether oxygens (including phenoxy) is 2. The molecule has 0 radical (unpaired) electrons. The summed E-state index contributed by atoms with van der Waals surface area (Å²) in [5, 5.41) is 10.3. The third kappa shape index (κ3) is 4.07. The molecule has 7 heteroatoms. The van der Waals surface area contributed by atoms with Crippen molar-refractivity contribution >= 4 is 23.5 Å². The summed E-state index contributed by atoms with van der Waals surface area (Å²) in [7, 11) is 0. The van der Waals surface area contributed by atoms with Crippen LogP contribution in [0.5, 0.6) is 5.75 Å². The minimum absolute atomic E-state index is 0.0369. The number of carbonyl (C=O) groups excluding carboxylic acids is 1. The Morgan fingerprint density at radius 2 is 1.88 bits per heavy atom. The zero-order valence-corrected chi connectivity index (χ0v) is 14.7. The van der Waals surface area contributed by atoms with Crippen molar-refractivity contribution in [3.63, 3.8) is 0 Å². The molecular weight excluding hydrogens is 346 g/mol. The van der Waals surface area contributed by atoms with Crippen LogP contribution in [0.4, 0.5) is 0 Å². The normalized spacial score (nSPS) is 23.1. The summed E-state index contributed by atoms with van der Waals surface area (Å²) in [6.07, 6.45) is 2.81. The number of rotatable bonds is 4. The fourth-order valence-electron chi connectivity index (χ4n) is 3.32. The Kier molecular flexibility index (Phi) is 5.49. The fraction of sp³-hybridized carbons (Fsp3) is 0.556. The summed E-state index contributed by atoms with van der Waals surface area (Å²) in [4.78, 5) is 26.1. The molecule has 1 atom stereocenters. The number of amides is 1. The third-order valence-corrected chi connectivity index (χ3v) is 5.11. The molecule has 1 aromatic rings. The van der Waals surface area contributed by atoms with Crippen LogP contribution in [0.15, 0.2) is 24.3 Å². The number of carboxylic acid groups (broad SMARTS) is 1. The van der Waals surface area contributed by atoms with Crippen molar-refractivity contribution < 1.29 is 24.2 Å². The molecule has 2 aliphatic rings. The van der Waals surface area contributed by atoms with Gasteiger partial charge < -0.3 is 19.5 Å². The van der Waals surface area contributed by atoms with Gasteiger partial charge in [-0.1, -0.05) is 11.6 Å². The zero-order valence-electron chi connectivity index (χ0n) is 13.9. The van der Waals surface area contributed by atoms with E-state index >= 15 is 0 Å². The molecule has 136 valence electrons. The minimum atomic E-state index is -1.32.